The third-order valence-electron chi connectivity index (χ3n) is 1.89. The van der Waals surface area contributed by atoms with Gasteiger partial charge in [-0.25, -0.2) is 9.97 Å². The minimum absolute atomic E-state index is 0.317. The molecular formula is C9H8BrN3. The highest BCUT2D eigenvalue weighted by Crippen LogP contribution is 2.23. The van der Waals surface area contributed by atoms with Gasteiger partial charge in [-0.3, -0.25) is 0 Å². The highest BCUT2D eigenvalue weighted by atomic mass is 79.9. The van der Waals surface area contributed by atoms with Crippen LogP contribution in [-0.4, -0.2) is 9.97 Å². The van der Waals surface area contributed by atoms with E-state index >= 15 is 0 Å². The molecule has 2 N–H and O–H groups in total. The molecule has 0 unspecified atom stereocenters. The summed E-state index contributed by atoms with van der Waals surface area (Å²) in [5.74, 6) is 0.317. The van der Waals surface area contributed by atoms with Crippen LogP contribution in [0, 0.1) is 6.92 Å². The van der Waals surface area contributed by atoms with E-state index in [9.17, 15) is 0 Å². The molecule has 0 saturated carbocycles. The normalized spacial score (nSPS) is 10.6. The first kappa shape index (κ1) is 8.44. The number of fused-ring (bicyclic) bond motifs is 1. The van der Waals surface area contributed by atoms with Crippen LogP contribution in [0.3, 0.4) is 0 Å². The summed E-state index contributed by atoms with van der Waals surface area (Å²) in [6, 6.07) is 5.88. The van der Waals surface area contributed by atoms with Crippen molar-refractivity contribution in [1.29, 1.82) is 0 Å². The van der Waals surface area contributed by atoms with Gasteiger partial charge < -0.3 is 5.73 Å². The minimum atomic E-state index is 0.317. The Morgan fingerprint density at radius 1 is 1.31 bits per heavy atom. The molecule has 0 aliphatic heterocycles. The number of aromatic nitrogens is 2. The maximum absolute atomic E-state index is 5.55. The zero-order chi connectivity index (χ0) is 9.42. The highest BCUT2D eigenvalue weighted by Gasteiger charge is 2.04. The molecule has 1 aromatic carbocycles. The first-order valence-electron chi connectivity index (χ1n) is 3.87. The molecule has 0 radical (unpaired) electrons. The van der Waals surface area contributed by atoms with Crippen LogP contribution in [0.5, 0.6) is 0 Å². The fourth-order valence-corrected chi connectivity index (χ4v) is 1.75. The molecule has 0 fully saturated rings. The van der Waals surface area contributed by atoms with E-state index in [0.29, 0.717) is 5.95 Å². The fourth-order valence-electron chi connectivity index (χ4n) is 1.29. The molecule has 3 nitrogen and oxygen atoms in total. The van der Waals surface area contributed by atoms with Crippen LogP contribution in [0.4, 0.5) is 5.95 Å². The van der Waals surface area contributed by atoms with Gasteiger partial charge in [0.2, 0.25) is 5.95 Å². The Labute approximate surface area is 84.1 Å². The lowest BCUT2D eigenvalue weighted by Gasteiger charge is -2.03. The van der Waals surface area contributed by atoms with Gasteiger partial charge in [0, 0.05) is 9.86 Å². The zero-order valence-electron chi connectivity index (χ0n) is 7.08. The Hall–Kier alpha value is -1.16. The van der Waals surface area contributed by atoms with E-state index in [4.69, 9.17) is 5.73 Å². The quantitative estimate of drug-likeness (QED) is 0.765. The number of nitrogens with zero attached hydrogens (tertiary/aromatic N) is 2. The molecule has 1 heterocycles. The highest BCUT2D eigenvalue weighted by molar-refractivity contribution is 9.10. The van der Waals surface area contributed by atoms with Crippen molar-refractivity contribution in [3.05, 3.63) is 28.4 Å². The number of rotatable bonds is 0. The average Bonchev–Trinajstić information content (AvgIpc) is 2.07. The number of para-hydroxylation sites is 1. The average molecular weight is 238 g/mol. The molecule has 0 aliphatic carbocycles. The van der Waals surface area contributed by atoms with Gasteiger partial charge in [0.05, 0.1) is 11.2 Å². The van der Waals surface area contributed by atoms with E-state index in [1.165, 1.54) is 0 Å². The molecule has 0 spiro atoms. The SMILES string of the molecule is Cc1nc(N)nc2c(Br)cccc12. The number of hydrogen-bond acceptors (Lipinski definition) is 3. The van der Waals surface area contributed by atoms with Crippen LogP contribution in [0.1, 0.15) is 5.69 Å². The van der Waals surface area contributed by atoms with E-state index in [2.05, 4.69) is 25.9 Å². The van der Waals surface area contributed by atoms with Gasteiger partial charge in [0.15, 0.2) is 0 Å². The molecule has 4 heteroatoms. The Balaban J connectivity index is 2.94. The minimum Gasteiger partial charge on any atom is -0.368 e. The van der Waals surface area contributed by atoms with Crippen LogP contribution in [0.15, 0.2) is 22.7 Å². The van der Waals surface area contributed by atoms with Crippen molar-refractivity contribution < 1.29 is 0 Å². The fraction of sp³-hybridized carbons (Fsp3) is 0.111. The smallest absolute Gasteiger partial charge is 0.220 e. The van der Waals surface area contributed by atoms with Crippen molar-refractivity contribution in [2.24, 2.45) is 0 Å². The summed E-state index contributed by atoms with van der Waals surface area (Å²) in [6.07, 6.45) is 0. The first-order chi connectivity index (χ1) is 6.18. The Kier molecular flexibility index (Phi) is 1.92. The van der Waals surface area contributed by atoms with Crippen LogP contribution in [-0.2, 0) is 0 Å². The summed E-state index contributed by atoms with van der Waals surface area (Å²) in [6.45, 7) is 1.92. The number of nitrogens with two attached hydrogens (primary N) is 1. The van der Waals surface area contributed by atoms with Crippen molar-refractivity contribution in [3.63, 3.8) is 0 Å². The van der Waals surface area contributed by atoms with Crippen LogP contribution < -0.4 is 5.73 Å². The third-order valence-corrected chi connectivity index (χ3v) is 2.53. The summed E-state index contributed by atoms with van der Waals surface area (Å²) in [7, 11) is 0. The van der Waals surface area contributed by atoms with Gasteiger partial charge in [-0.15, -0.1) is 0 Å². The van der Waals surface area contributed by atoms with Gasteiger partial charge in [0.25, 0.3) is 0 Å². The lowest BCUT2D eigenvalue weighted by atomic mass is 10.2. The van der Waals surface area contributed by atoms with Crippen molar-refractivity contribution in [3.8, 4) is 0 Å². The van der Waals surface area contributed by atoms with Crippen molar-refractivity contribution >= 4 is 32.8 Å². The maximum Gasteiger partial charge on any atom is 0.220 e. The molecule has 0 atom stereocenters. The van der Waals surface area contributed by atoms with E-state index in [-0.39, 0.29) is 0 Å². The van der Waals surface area contributed by atoms with Gasteiger partial charge in [-0.2, -0.15) is 0 Å². The predicted octanol–water partition coefficient (Wildman–Crippen LogP) is 2.28. The van der Waals surface area contributed by atoms with Gasteiger partial charge in [-0.1, -0.05) is 12.1 Å². The Morgan fingerprint density at radius 3 is 2.85 bits per heavy atom. The zero-order valence-corrected chi connectivity index (χ0v) is 8.67. The lowest BCUT2D eigenvalue weighted by molar-refractivity contribution is 1.17. The second-order valence-corrected chi connectivity index (χ2v) is 3.66. The summed E-state index contributed by atoms with van der Waals surface area (Å²) < 4.78 is 0.946. The van der Waals surface area contributed by atoms with E-state index in [0.717, 1.165) is 21.1 Å². The summed E-state index contributed by atoms with van der Waals surface area (Å²) >= 11 is 3.42. The summed E-state index contributed by atoms with van der Waals surface area (Å²) in [4.78, 5) is 8.24. The van der Waals surface area contributed by atoms with Crippen molar-refractivity contribution in [2.75, 3.05) is 5.73 Å². The molecule has 66 valence electrons. The number of benzene rings is 1. The van der Waals surface area contributed by atoms with E-state index in [1.807, 2.05) is 25.1 Å². The maximum atomic E-state index is 5.55. The van der Waals surface area contributed by atoms with Gasteiger partial charge in [-0.05, 0) is 28.9 Å². The third kappa shape index (κ3) is 1.37. The Bertz CT molecular complexity index is 468. The summed E-state index contributed by atoms with van der Waals surface area (Å²) in [5, 5.41) is 1.03. The number of hydrogen-bond donors (Lipinski definition) is 1. The van der Waals surface area contributed by atoms with E-state index < -0.39 is 0 Å². The number of nitrogen functional groups attached to an aromatic ring is 1. The summed E-state index contributed by atoms with van der Waals surface area (Å²) in [5.41, 5.74) is 7.32. The molecule has 2 rings (SSSR count). The van der Waals surface area contributed by atoms with Gasteiger partial charge in [0.1, 0.15) is 0 Å². The second-order valence-electron chi connectivity index (χ2n) is 2.80. The largest absolute Gasteiger partial charge is 0.368 e. The predicted molar refractivity (Wildman–Crippen MR) is 56.4 cm³/mol. The molecular weight excluding hydrogens is 230 g/mol. The Morgan fingerprint density at radius 2 is 2.08 bits per heavy atom. The molecule has 1 aromatic heterocycles. The van der Waals surface area contributed by atoms with Crippen LogP contribution >= 0.6 is 15.9 Å². The van der Waals surface area contributed by atoms with E-state index in [1.54, 1.807) is 0 Å². The molecule has 0 saturated heterocycles. The molecule has 0 aliphatic rings. The van der Waals surface area contributed by atoms with Crippen LogP contribution in [0.2, 0.25) is 0 Å². The monoisotopic (exact) mass is 237 g/mol. The number of halogens is 1. The van der Waals surface area contributed by atoms with Crippen molar-refractivity contribution in [2.45, 2.75) is 6.92 Å². The number of anilines is 1. The number of aryl methyl sites for hydroxylation is 1. The standard InChI is InChI=1S/C9H8BrN3/c1-5-6-3-2-4-7(10)8(6)13-9(11)12-5/h2-4H,1H3,(H2,11,12,13). The van der Waals surface area contributed by atoms with Crippen molar-refractivity contribution in [1.82, 2.24) is 9.97 Å². The van der Waals surface area contributed by atoms with Crippen LogP contribution in [0.25, 0.3) is 10.9 Å². The first-order valence-corrected chi connectivity index (χ1v) is 4.66. The van der Waals surface area contributed by atoms with Gasteiger partial charge >= 0.3 is 0 Å². The molecule has 0 bridgehead atoms. The second kappa shape index (κ2) is 2.96. The topological polar surface area (TPSA) is 51.8 Å². The molecule has 2 aromatic rings. The molecule has 0 amide bonds. The lowest BCUT2D eigenvalue weighted by Crippen LogP contribution is -1.97. The molecule has 13 heavy (non-hydrogen) atoms.